The predicted octanol–water partition coefficient (Wildman–Crippen LogP) is 3.31. The van der Waals surface area contributed by atoms with Gasteiger partial charge in [0.1, 0.15) is 18.3 Å². The molecule has 31 heavy (non-hydrogen) atoms. The average Bonchev–Trinajstić information content (AvgIpc) is 2.77. The Hall–Kier alpha value is -1.08. The molecule has 0 unspecified atom stereocenters. The Kier molecular flexibility index (Phi) is 9.26. The number of hydrogen-bond donors (Lipinski definition) is 0. The van der Waals surface area contributed by atoms with Gasteiger partial charge in [-0.05, 0) is 11.1 Å². The van der Waals surface area contributed by atoms with E-state index in [1.54, 1.807) is 0 Å². The Morgan fingerprint density at radius 2 is 1.39 bits per heavy atom. The molecule has 0 aliphatic carbocycles. The minimum atomic E-state index is -3.76. The van der Waals surface area contributed by atoms with Crippen molar-refractivity contribution in [1.29, 1.82) is 0 Å². The Bertz CT molecular complexity index is 895. The molecule has 3 rings (SSSR count). The lowest BCUT2D eigenvalue weighted by molar-refractivity contribution is -0.301. The molecule has 5 atom stereocenters. The van der Waals surface area contributed by atoms with Crippen LogP contribution in [0.1, 0.15) is 11.1 Å². The van der Waals surface area contributed by atoms with E-state index < -0.39 is 40.8 Å². The van der Waals surface area contributed by atoms with Gasteiger partial charge in [0, 0.05) is 11.5 Å². The number of hydrogen-bond acceptors (Lipinski definition) is 7. The monoisotopic (exact) mass is 562 g/mol. The first-order chi connectivity index (χ1) is 14.9. The first-order valence-electron chi connectivity index (χ1n) is 9.85. The molecular formula is C22H27IO7S. The summed E-state index contributed by atoms with van der Waals surface area (Å²) >= 11 is 2.14. The number of rotatable bonds is 10. The van der Waals surface area contributed by atoms with Gasteiger partial charge in [-0.1, -0.05) is 83.3 Å². The minimum absolute atomic E-state index is 0.269. The summed E-state index contributed by atoms with van der Waals surface area (Å²) < 4.78 is 53.9. The van der Waals surface area contributed by atoms with Crippen LogP contribution in [0.5, 0.6) is 0 Å². The van der Waals surface area contributed by atoms with Crippen LogP contribution in [0.3, 0.4) is 0 Å². The Morgan fingerprint density at radius 3 is 1.84 bits per heavy atom. The second-order valence-electron chi connectivity index (χ2n) is 7.22. The zero-order valence-electron chi connectivity index (χ0n) is 17.4. The van der Waals surface area contributed by atoms with E-state index >= 15 is 0 Å². The molecule has 1 fully saturated rings. The van der Waals surface area contributed by atoms with Gasteiger partial charge in [0.2, 0.25) is 0 Å². The molecular weight excluding hydrogens is 535 g/mol. The summed E-state index contributed by atoms with van der Waals surface area (Å²) in [6.07, 6.45) is -2.55. The molecule has 2 aromatic carbocycles. The predicted molar refractivity (Wildman–Crippen MR) is 124 cm³/mol. The molecule has 2 aromatic rings. The highest BCUT2D eigenvalue weighted by molar-refractivity contribution is 14.1. The summed E-state index contributed by atoms with van der Waals surface area (Å²) in [6.45, 7) is 0.561. The van der Waals surface area contributed by atoms with E-state index in [1.807, 2.05) is 60.7 Å². The fraction of sp³-hybridized carbons (Fsp3) is 0.455. The van der Waals surface area contributed by atoms with E-state index in [0.717, 1.165) is 17.4 Å². The summed E-state index contributed by atoms with van der Waals surface area (Å²) in [5.74, 6) is 0. The van der Waals surface area contributed by atoms with Crippen molar-refractivity contribution in [3.8, 4) is 0 Å². The molecule has 0 spiro atoms. The number of halogens is 1. The van der Waals surface area contributed by atoms with Crippen LogP contribution >= 0.6 is 22.6 Å². The summed E-state index contributed by atoms with van der Waals surface area (Å²) in [6, 6.07) is 19.3. The van der Waals surface area contributed by atoms with Crippen LogP contribution in [0, 0.1) is 0 Å². The van der Waals surface area contributed by atoms with Crippen LogP contribution in [0.2, 0.25) is 0 Å². The van der Waals surface area contributed by atoms with Gasteiger partial charge >= 0.3 is 0 Å². The molecule has 7 nitrogen and oxygen atoms in total. The zero-order valence-corrected chi connectivity index (χ0v) is 20.4. The quantitative estimate of drug-likeness (QED) is 0.250. The van der Waals surface area contributed by atoms with Crippen LogP contribution in [-0.2, 0) is 46.5 Å². The summed E-state index contributed by atoms with van der Waals surface area (Å²) in [5, 5.41) is 0. The largest absolute Gasteiger partial charge is 0.368 e. The molecule has 1 aliphatic rings. The van der Waals surface area contributed by atoms with Gasteiger partial charge in [-0.3, -0.25) is 4.18 Å². The summed E-state index contributed by atoms with van der Waals surface area (Å²) in [5.41, 5.74) is 1.92. The molecule has 0 amide bonds. The highest BCUT2D eigenvalue weighted by atomic mass is 127. The standard InChI is InChI=1S/C22H27IO7S/c1-26-22-21(28-15-17-11-7-4-8-12-17)20(27-14-16-9-5-3-6-10-16)19(18(13-23)29-22)30-31(2,24)25/h3-12,18-22H,13-15H2,1-2H3/t18-,19-,20+,21-,22+/m1/s1. The van der Waals surface area contributed by atoms with Gasteiger partial charge in [-0.25, -0.2) is 0 Å². The minimum Gasteiger partial charge on any atom is -0.368 e. The average molecular weight is 562 g/mol. The first kappa shape index (κ1) is 24.6. The van der Waals surface area contributed by atoms with Gasteiger partial charge in [0.05, 0.1) is 25.6 Å². The van der Waals surface area contributed by atoms with Crippen molar-refractivity contribution in [2.75, 3.05) is 17.8 Å². The fourth-order valence-corrected chi connectivity index (χ4v) is 4.76. The molecule has 0 bridgehead atoms. The molecule has 1 aliphatic heterocycles. The number of methoxy groups -OCH3 is 1. The van der Waals surface area contributed by atoms with E-state index in [0.29, 0.717) is 11.0 Å². The third kappa shape index (κ3) is 7.21. The summed E-state index contributed by atoms with van der Waals surface area (Å²) in [7, 11) is -2.23. The van der Waals surface area contributed by atoms with Crippen molar-refractivity contribution < 1.29 is 31.5 Å². The SMILES string of the molecule is CO[C@H]1O[C@H](CI)[C@@H](OS(C)(=O)=O)[C@H](OCc2ccccc2)[C@H]1OCc1ccccc1. The molecule has 170 valence electrons. The van der Waals surface area contributed by atoms with Gasteiger partial charge in [0.25, 0.3) is 10.1 Å². The topological polar surface area (TPSA) is 80.3 Å². The maximum Gasteiger partial charge on any atom is 0.264 e. The smallest absolute Gasteiger partial charge is 0.264 e. The van der Waals surface area contributed by atoms with Crippen molar-refractivity contribution in [2.24, 2.45) is 0 Å². The van der Waals surface area contributed by atoms with E-state index in [9.17, 15) is 8.42 Å². The summed E-state index contributed by atoms with van der Waals surface area (Å²) in [4.78, 5) is 0. The van der Waals surface area contributed by atoms with Crippen LogP contribution in [0.25, 0.3) is 0 Å². The third-order valence-electron chi connectivity index (χ3n) is 4.83. The van der Waals surface area contributed by atoms with Gasteiger partial charge < -0.3 is 18.9 Å². The van der Waals surface area contributed by atoms with Crippen molar-refractivity contribution >= 4 is 32.7 Å². The number of ether oxygens (including phenoxy) is 4. The lowest BCUT2D eigenvalue weighted by atomic mass is 9.99. The molecule has 0 aromatic heterocycles. The van der Waals surface area contributed by atoms with Crippen LogP contribution in [0.15, 0.2) is 60.7 Å². The van der Waals surface area contributed by atoms with E-state index in [4.69, 9.17) is 23.1 Å². The normalized spacial score (nSPS) is 26.6. The maximum atomic E-state index is 12.0. The van der Waals surface area contributed by atoms with Gasteiger partial charge in [-0.2, -0.15) is 8.42 Å². The lowest BCUT2D eigenvalue weighted by Gasteiger charge is -2.44. The van der Waals surface area contributed by atoms with Crippen molar-refractivity contribution in [2.45, 2.75) is 43.9 Å². The van der Waals surface area contributed by atoms with Gasteiger partial charge in [0.15, 0.2) is 6.29 Å². The van der Waals surface area contributed by atoms with E-state index in [1.165, 1.54) is 7.11 Å². The maximum absolute atomic E-state index is 12.0. The van der Waals surface area contributed by atoms with E-state index in [2.05, 4.69) is 22.6 Å². The zero-order chi connectivity index (χ0) is 22.3. The van der Waals surface area contributed by atoms with Crippen LogP contribution < -0.4 is 0 Å². The first-order valence-corrected chi connectivity index (χ1v) is 13.2. The van der Waals surface area contributed by atoms with Crippen molar-refractivity contribution in [1.82, 2.24) is 0 Å². The molecule has 0 radical (unpaired) electrons. The second kappa shape index (κ2) is 11.7. The number of alkyl halides is 1. The van der Waals surface area contributed by atoms with Crippen LogP contribution in [0.4, 0.5) is 0 Å². The van der Waals surface area contributed by atoms with Gasteiger partial charge in [-0.15, -0.1) is 0 Å². The fourth-order valence-electron chi connectivity index (χ4n) is 3.41. The van der Waals surface area contributed by atoms with E-state index in [-0.39, 0.29) is 6.61 Å². The Labute approximate surface area is 197 Å². The molecule has 0 N–H and O–H groups in total. The molecule has 1 heterocycles. The Balaban J connectivity index is 1.87. The highest BCUT2D eigenvalue weighted by Gasteiger charge is 2.49. The highest BCUT2D eigenvalue weighted by Crippen LogP contribution is 2.31. The lowest BCUT2D eigenvalue weighted by Crippen LogP contribution is -2.61. The number of benzene rings is 2. The Morgan fingerprint density at radius 1 is 0.871 bits per heavy atom. The van der Waals surface area contributed by atoms with Crippen molar-refractivity contribution in [3.05, 3.63) is 71.8 Å². The van der Waals surface area contributed by atoms with Crippen LogP contribution in [-0.4, -0.2) is 56.9 Å². The molecule has 9 heteroatoms. The molecule has 0 saturated carbocycles. The second-order valence-corrected chi connectivity index (χ2v) is 9.70. The third-order valence-corrected chi connectivity index (χ3v) is 6.27. The van der Waals surface area contributed by atoms with Crippen molar-refractivity contribution in [3.63, 3.8) is 0 Å². The molecule has 1 saturated heterocycles.